The fraction of sp³-hybridized carbons (Fsp3) is 0.667. The Balaban J connectivity index is 1.33. The molecule has 2 saturated heterocycles. The van der Waals surface area contributed by atoms with Crippen LogP contribution in [0.15, 0.2) is 24.3 Å². The van der Waals surface area contributed by atoms with E-state index in [0.29, 0.717) is 0 Å². The van der Waals surface area contributed by atoms with Gasteiger partial charge < -0.3 is 19.9 Å². The van der Waals surface area contributed by atoms with Gasteiger partial charge in [0.15, 0.2) is 0 Å². The van der Waals surface area contributed by atoms with Crippen LogP contribution in [0.1, 0.15) is 38.2 Å². The lowest BCUT2D eigenvalue weighted by molar-refractivity contribution is -0.200. The van der Waals surface area contributed by atoms with Crippen LogP contribution in [0, 0.1) is 0 Å². The number of amides is 1. The zero-order chi connectivity index (χ0) is 18.2. The normalized spacial score (nSPS) is 24.2. The number of morpholine rings is 1. The maximum Gasteiger partial charge on any atom is 0.254 e. The van der Waals surface area contributed by atoms with Gasteiger partial charge in [-0.1, -0.05) is 12.1 Å². The first kappa shape index (κ1) is 17.8. The van der Waals surface area contributed by atoms with Crippen LogP contribution in [0.3, 0.4) is 0 Å². The van der Waals surface area contributed by atoms with Crippen molar-refractivity contribution < 1.29 is 9.53 Å². The molecule has 0 bridgehead atoms. The zero-order valence-electron chi connectivity index (χ0n) is 16.1. The number of likely N-dealkylation sites (tertiary alicyclic amines) is 1. The maximum absolute atomic E-state index is 12.5. The molecule has 5 heteroatoms. The molecule has 5 nitrogen and oxygen atoms in total. The van der Waals surface area contributed by atoms with Crippen LogP contribution < -0.4 is 5.32 Å². The Morgan fingerprint density at radius 2 is 1.96 bits per heavy atom. The number of piperidine rings is 1. The number of hydrogen-bond acceptors (Lipinski definition) is 4. The summed E-state index contributed by atoms with van der Waals surface area (Å²) in [5, 5.41) is 3.21. The number of rotatable bonds is 5. The standard InChI is InChI=1S/C21H31N3O2/c1-3-24-16-20(26-21(8-9-21)19(24)25)10-13-23(14-11-20)12-7-17-5-4-6-18(15-17)22-2/h4-6,15,22H,3,7-14,16H2,1-2H3. The second kappa shape index (κ2) is 6.86. The molecule has 4 rings (SSSR count). The predicted octanol–water partition coefficient (Wildman–Crippen LogP) is 2.52. The number of carbonyl (C=O) groups is 1. The lowest BCUT2D eigenvalue weighted by atomic mass is 9.87. The van der Waals surface area contributed by atoms with Crippen molar-refractivity contribution in [2.45, 2.75) is 50.2 Å². The number of nitrogens with one attached hydrogen (secondary N) is 1. The molecule has 2 spiro atoms. The number of anilines is 1. The largest absolute Gasteiger partial charge is 0.388 e. The molecule has 2 heterocycles. The first-order chi connectivity index (χ1) is 12.6. The summed E-state index contributed by atoms with van der Waals surface area (Å²) in [6.45, 7) is 6.88. The summed E-state index contributed by atoms with van der Waals surface area (Å²) in [6.07, 6.45) is 4.97. The predicted molar refractivity (Wildman–Crippen MR) is 103 cm³/mol. The van der Waals surface area contributed by atoms with Crippen molar-refractivity contribution in [2.24, 2.45) is 0 Å². The van der Waals surface area contributed by atoms with E-state index in [1.54, 1.807) is 0 Å². The van der Waals surface area contributed by atoms with E-state index in [9.17, 15) is 4.79 Å². The van der Waals surface area contributed by atoms with E-state index in [1.165, 1.54) is 11.3 Å². The molecule has 0 aromatic heterocycles. The molecule has 1 aromatic rings. The average Bonchev–Trinajstić information content (AvgIpc) is 3.44. The van der Waals surface area contributed by atoms with Gasteiger partial charge in [-0.3, -0.25) is 4.79 Å². The summed E-state index contributed by atoms with van der Waals surface area (Å²) in [6, 6.07) is 8.66. The molecule has 142 valence electrons. The van der Waals surface area contributed by atoms with Crippen molar-refractivity contribution in [3.63, 3.8) is 0 Å². The highest BCUT2D eigenvalue weighted by Crippen LogP contribution is 2.49. The van der Waals surface area contributed by atoms with Gasteiger partial charge in [0.1, 0.15) is 5.60 Å². The Hall–Kier alpha value is -1.59. The third-order valence-electron chi connectivity index (χ3n) is 6.35. The summed E-state index contributed by atoms with van der Waals surface area (Å²) in [4.78, 5) is 17.1. The maximum atomic E-state index is 12.5. The van der Waals surface area contributed by atoms with Gasteiger partial charge in [-0.05, 0) is 56.7 Å². The average molecular weight is 357 g/mol. The molecular formula is C21H31N3O2. The van der Waals surface area contributed by atoms with Crippen LogP contribution in [-0.2, 0) is 16.0 Å². The molecule has 1 amide bonds. The molecule has 1 aromatic carbocycles. The van der Waals surface area contributed by atoms with E-state index in [2.05, 4.69) is 41.4 Å². The SMILES string of the molecule is CCN1CC2(CCN(CCc3cccc(NC)c3)CC2)OC2(CC2)C1=O. The fourth-order valence-electron chi connectivity index (χ4n) is 4.50. The summed E-state index contributed by atoms with van der Waals surface area (Å²) >= 11 is 0. The summed E-state index contributed by atoms with van der Waals surface area (Å²) < 4.78 is 6.47. The smallest absolute Gasteiger partial charge is 0.254 e. The molecule has 2 aliphatic heterocycles. The van der Waals surface area contributed by atoms with Gasteiger partial charge >= 0.3 is 0 Å². The van der Waals surface area contributed by atoms with Gasteiger partial charge in [0.05, 0.1) is 5.60 Å². The molecule has 0 atom stereocenters. The second-order valence-corrected chi connectivity index (χ2v) is 8.14. The van der Waals surface area contributed by atoms with Gasteiger partial charge in [-0.2, -0.15) is 0 Å². The third-order valence-corrected chi connectivity index (χ3v) is 6.35. The van der Waals surface area contributed by atoms with Crippen LogP contribution >= 0.6 is 0 Å². The number of likely N-dealkylation sites (N-methyl/N-ethyl adjacent to an activating group) is 1. The Kier molecular flexibility index (Phi) is 4.70. The van der Waals surface area contributed by atoms with Crippen molar-refractivity contribution in [1.29, 1.82) is 0 Å². The van der Waals surface area contributed by atoms with E-state index in [-0.39, 0.29) is 11.5 Å². The van der Waals surface area contributed by atoms with Crippen molar-refractivity contribution in [2.75, 3.05) is 45.1 Å². The van der Waals surface area contributed by atoms with E-state index in [4.69, 9.17) is 4.74 Å². The lowest BCUT2D eigenvalue weighted by Gasteiger charge is -2.50. The van der Waals surface area contributed by atoms with Gasteiger partial charge in [0.2, 0.25) is 0 Å². The topological polar surface area (TPSA) is 44.8 Å². The van der Waals surface area contributed by atoms with E-state index in [1.807, 2.05) is 11.9 Å². The first-order valence-electron chi connectivity index (χ1n) is 10.1. The van der Waals surface area contributed by atoms with Crippen molar-refractivity contribution in [3.8, 4) is 0 Å². The lowest BCUT2D eigenvalue weighted by Crippen LogP contribution is -2.62. The Bertz CT molecular complexity index is 663. The highest BCUT2D eigenvalue weighted by Gasteiger charge is 2.61. The van der Waals surface area contributed by atoms with Crippen LogP contribution in [0.2, 0.25) is 0 Å². The summed E-state index contributed by atoms with van der Waals surface area (Å²) in [7, 11) is 1.96. The number of carbonyl (C=O) groups excluding carboxylic acids is 1. The van der Waals surface area contributed by atoms with E-state index >= 15 is 0 Å². The molecule has 1 N–H and O–H groups in total. The van der Waals surface area contributed by atoms with Gasteiger partial charge in [-0.25, -0.2) is 0 Å². The Labute approximate surface area is 156 Å². The van der Waals surface area contributed by atoms with E-state index < -0.39 is 5.60 Å². The molecule has 0 radical (unpaired) electrons. The first-order valence-corrected chi connectivity index (χ1v) is 10.1. The highest BCUT2D eigenvalue weighted by molar-refractivity contribution is 5.89. The minimum Gasteiger partial charge on any atom is -0.388 e. The molecule has 1 aliphatic carbocycles. The third kappa shape index (κ3) is 3.35. The quantitative estimate of drug-likeness (QED) is 0.880. The van der Waals surface area contributed by atoms with Crippen molar-refractivity contribution >= 4 is 11.6 Å². The summed E-state index contributed by atoms with van der Waals surface area (Å²) in [5.74, 6) is 0.234. The van der Waals surface area contributed by atoms with Gasteiger partial charge in [-0.15, -0.1) is 0 Å². The second-order valence-electron chi connectivity index (χ2n) is 8.14. The van der Waals surface area contributed by atoms with Crippen LogP contribution in [0.5, 0.6) is 0 Å². The number of ether oxygens (including phenoxy) is 1. The molecule has 3 fully saturated rings. The Morgan fingerprint density at radius 3 is 2.62 bits per heavy atom. The summed E-state index contributed by atoms with van der Waals surface area (Å²) in [5.41, 5.74) is 1.99. The van der Waals surface area contributed by atoms with Crippen molar-refractivity contribution in [3.05, 3.63) is 29.8 Å². The molecule has 1 saturated carbocycles. The fourth-order valence-corrected chi connectivity index (χ4v) is 4.50. The highest BCUT2D eigenvalue weighted by atomic mass is 16.5. The number of nitrogens with zero attached hydrogens (tertiary/aromatic N) is 2. The van der Waals surface area contributed by atoms with Crippen molar-refractivity contribution in [1.82, 2.24) is 9.80 Å². The number of benzene rings is 1. The number of hydrogen-bond donors (Lipinski definition) is 1. The molecule has 3 aliphatic rings. The molecular weight excluding hydrogens is 326 g/mol. The van der Waals surface area contributed by atoms with Crippen LogP contribution in [0.4, 0.5) is 5.69 Å². The molecule has 0 unspecified atom stereocenters. The van der Waals surface area contributed by atoms with Gasteiger partial charge in [0, 0.05) is 45.5 Å². The monoisotopic (exact) mass is 357 g/mol. The minimum atomic E-state index is -0.454. The van der Waals surface area contributed by atoms with Crippen LogP contribution in [-0.4, -0.2) is 66.7 Å². The Morgan fingerprint density at radius 1 is 1.19 bits per heavy atom. The van der Waals surface area contributed by atoms with E-state index in [0.717, 1.165) is 64.8 Å². The van der Waals surface area contributed by atoms with Crippen LogP contribution in [0.25, 0.3) is 0 Å². The minimum absolute atomic E-state index is 0.108. The van der Waals surface area contributed by atoms with Gasteiger partial charge in [0.25, 0.3) is 5.91 Å². The zero-order valence-corrected chi connectivity index (χ0v) is 16.1. The molecule has 26 heavy (non-hydrogen) atoms.